The summed E-state index contributed by atoms with van der Waals surface area (Å²) >= 11 is 0. The van der Waals surface area contributed by atoms with E-state index in [1.807, 2.05) is 0 Å². The topological polar surface area (TPSA) is 180 Å². The molecule has 168 valence electrons. The smallest absolute Gasteiger partial charge is 0.0701 e. The molecule has 0 aliphatic carbocycles. The molecule has 8 N–H and O–H groups in total. The van der Waals surface area contributed by atoms with Gasteiger partial charge in [-0.3, -0.25) is 0 Å². The minimum Gasteiger partial charge on any atom is -0.396 e. The highest BCUT2D eigenvalue weighted by atomic mass is 16.5. The maximum absolute atomic E-state index is 8.50. The van der Waals surface area contributed by atoms with Crippen molar-refractivity contribution >= 4 is 0 Å². The maximum Gasteiger partial charge on any atom is 0.0701 e. The molecule has 0 unspecified atom stereocenters. The van der Waals surface area contributed by atoms with E-state index < -0.39 is 31.8 Å². The average Bonchev–Trinajstić information content (AvgIpc) is 2.71. The molecule has 0 spiro atoms. The Labute approximate surface area is 161 Å². The minimum absolute atomic E-state index is 0.0417. The summed E-state index contributed by atoms with van der Waals surface area (Å²) in [4.78, 5) is 0. The van der Waals surface area contributed by atoms with Crippen LogP contribution in [0.3, 0.4) is 0 Å². The fourth-order valence-electron chi connectivity index (χ4n) is 1.33. The zero-order valence-corrected chi connectivity index (χ0v) is 16.2. The number of aliphatic hydroxyl groups excluding tert-OH is 8. The molecule has 0 aliphatic rings. The van der Waals surface area contributed by atoms with Crippen LogP contribution in [-0.4, -0.2) is 120 Å². The van der Waals surface area contributed by atoms with Crippen molar-refractivity contribution in [3.63, 3.8) is 0 Å². The standard InChI is InChI=1S/C6H14O4.C6H14O2.C5H12O4/c7-1-3-9-5-6-10-4-2-8;7-5-3-1-2-4-6-8;6-1-5(2-7,3-8)4-9/h7-8H,1-6H2;7-8H,1-6H2;6-9H,1-4H2. The number of rotatable bonds is 16. The van der Waals surface area contributed by atoms with Gasteiger partial charge in [0.25, 0.3) is 0 Å². The molecule has 0 atom stereocenters. The van der Waals surface area contributed by atoms with Crippen molar-refractivity contribution in [2.45, 2.75) is 25.7 Å². The molecule has 0 aromatic carbocycles. The van der Waals surface area contributed by atoms with Gasteiger partial charge in [-0.15, -0.1) is 0 Å². The van der Waals surface area contributed by atoms with Gasteiger partial charge >= 0.3 is 0 Å². The van der Waals surface area contributed by atoms with Gasteiger partial charge in [0.05, 0.1) is 71.5 Å². The summed E-state index contributed by atoms with van der Waals surface area (Å²) in [5.74, 6) is 0. The van der Waals surface area contributed by atoms with E-state index in [9.17, 15) is 0 Å². The van der Waals surface area contributed by atoms with Crippen LogP contribution in [0, 0.1) is 5.41 Å². The molecule has 10 heteroatoms. The van der Waals surface area contributed by atoms with Crippen molar-refractivity contribution in [3.8, 4) is 0 Å². The zero-order chi connectivity index (χ0) is 21.2. The monoisotopic (exact) mass is 404 g/mol. The number of unbranched alkanes of at least 4 members (excludes halogenated alkanes) is 3. The van der Waals surface area contributed by atoms with Gasteiger partial charge < -0.3 is 50.3 Å². The predicted octanol–water partition coefficient (Wildman–Crippen LogP) is -2.52. The Morgan fingerprint density at radius 1 is 0.407 bits per heavy atom. The van der Waals surface area contributed by atoms with Gasteiger partial charge in [0.2, 0.25) is 0 Å². The van der Waals surface area contributed by atoms with E-state index in [1.165, 1.54) is 0 Å². The SMILES string of the molecule is OCC(CO)(CO)CO.OCCCCCCO.OCCOCCOCCO. The Kier molecular flexibility index (Phi) is 32.2. The van der Waals surface area contributed by atoms with E-state index in [2.05, 4.69) is 0 Å². The van der Waals surface area contributed by atoms with Crippen LogP contribution < -0.4 is 0 Å². The molecule has 0 fully saturated rings. The van der Waals surface area contributed by atoms with Crippen LogP contribution in [0.5, 0.6) is 0 Å². The van der Waals surface area contributed by atoms with E-state index in [1.54, 1.807) is 0 Å². The molecule has 0 saturated heterocycles. The molecule has 27 heavy (non-hydrogen) atoms. The second-order valence-electron chi connectivity index (χ2n) is 5.67. The Balaban J connectivity index is -0.000000322. The first-order chi connectivity index (χ1) is 13.1. The van der Waals surface area contributed by atoms with Crippen molar-refractivity contribution in [2.24, 2.45) is 5.41 Å². The number of aliphatic hydroxyl groups is 8. The van der Waals surface area contributed by atoms with E-state index in [0.29, 0.717) is 26.4 Å². The first kappa shape index (κ1) is 31.3. The molecule has 0 amide bonds. The minimum atomic E-state index is -1.11. The summed E-state index contributed by atoms with van der Waals surface area (Å²) in [5, 5.41) is 67.1. The summed E-state index contributed by atoms with van der Waals surface area (Å²) in [6.45, 7) is 0.670. The first-order valence-corrected chi connectivity index (χ1v) is 9.10. The van der Waals surface area contributed by atoms with Crippen LogP contribution in [0.2, 0.25) is 0 Å². The fourth-order valence-corrected chi connectivity index (χ4v) is 1.33. The first-order valence-electron chi connectivity index (χ1n) is 9.10. The Morgan fingerprint density at radius 3 is 0.926 bits per heavy atom. The van der Waals surface area contributed by atoms with E-state index in [-0.39, 0.29) is 26.4 Å². The summed E-state index contributed by atoms with van der Waals surface area (Å²) < 4.78 is 9.75. The van der Waals surface area contributed by atoms with Gasteiger partial charge in [0.1, 0.15) is 0 Å². The van der Waals surface area contributed by atoms with E-state index >= 15 is 0 Å². The van der Waals surface area contributed by atoms with E-state index in [4.69, 9.17) is 50.3 Å². The molecule has 0 aromatic heterocycles. The van der Waals surface area contributed by atoms with Crippen molar-refractivity contribution < 1.29 is 50.3 Å². The quantitative estimate of drug-likeness (QED) is 0.128. The number of hydrogen-bond acceptors (Lipinski definition) is 10. The molecule has 0 radical (unpaired) electrons. The normalized spacial score (nSPS) is 10.7. The second kappa shape index (κ2) is 27.8. The van der Waals surface area contributed by atoms with Crippen LogP contribution in [0.15, 0.2) is 0 Å². The largest absolute Gasteiger partial charge is 0.396 e. The molecule has 0 bridgehead atoms. The maximum atomic E-state index is 8.50. The highest BCUT2D eigenvalue weighted by Crippen LogP contribution is 2.11. The van der Waals surface area contributed by atoms with Crippen LogP contribution in [-0.2, 0) is 9.47 Å². The lowest BCUT2D eigenvalue weighted by Crippen LogP contribution is -2.37. The molecule has 0 saturated carbocycles. The third kappa shape index (κ3) is 25.6. The van der Waals surface area contributed by atoms with Crippen LogP contribution >= 0.6 is 0 Å². The summed E-state index contributed by atoms with van der Waals surface area (Å²) in [6.07, 6.45) is 3.83. The fraction of sp³-hybridized carbons (Fsp3) is 1.00. The lowest BCUT2D eigenvalue weighted by molar-refractivity contribution is -0.0328. The van der Waals surface area contributed by atoms with Crippen molar-refractivity contribution in [2.75, 3.05) is 79.3 Å². The molecular weight excluding hydrogens is 364 g/mol. The average molecular weight is 404 g/mol. The van der Waals surface area contributed by atoms with Crippen LogP contribution in [0.1, 0.15) is 25.7 Å². The Hall–Kier alpha value is -0.400. The number of hydrogen-bond donors (Lipinski definition) is 8. The molecule has 0 aromatic rings. The van der Waals surface area contributed by atoms with Crippen molar-refractivity contribution in [3.05, 3.63) is 0 Å². The van der Waals surface area contributed by atoms with Gasteiger partial charge in [-0.2, -0.15) is 0 Å². The van der Waals surface area contributed by atoms with Crippen LogP contribution in [0.4, 0.5) is 0 Å². The third-order valence-corrected chi connectivity index (χ3v) is 3.25. The highest BCUT2D eigenvalue weighted by Gasteiger charge is 2.26. The molecule has 10 nitrogen and oxygen atoms in total. The van der Waals surface area contributed by atoms with Gasteiger partial charge in [-0.25, -0.2) is 0 Å². The summed E-state index contributed by atoms with van der Waals surface area (Å²) in [5.41, 5.74) is -1.11. The summed E-state index contributed by atoms with van der Waals surface area (Å²) in [6, 6.07) is 0. The molecule has 0 heterocycles. The highest BCUT2D eigenvalue weighted by molar-refractivity contribution is 4.74. The van der Waals surface area contributed by atoms with Crippen molar-refractivity contribution in [1.29, 1.82) is 0 Å². The van der Waals surface area contributed by atoms with Gasteiger partial charge in [-0.05, 0) is 12.8 Å². The van der Waals surface area contributed by atoms with Crippen LogP contribution in [0.25, 0.3) is 0 Å². The second-order valence-corrected chi connectivity index (χ2v) is 5.67. The van der Waals surface area contributed by atoms with E-state index in [0.717, 1.165) is 25.7 Å². The van der Waals surface area contributed by atoms with Gasteiger partial charge in [0, 0.05) is 13.2 Å². The lowest BCUT2D eigenvalue weighted by atomic mass is 9.93. The summed E-state index contributed by atoms with van der Waals surface area (Å²) in [7, 11) is 0. The third-order valence-electron chi connectivity index (χ3n) is 3.25. The zero-order valence-electron chi connectivity index (χ0n) is 16.2. The Bertz CT molecular complexity index is 208. The van der Waals surface area contributed by atoms with Gasteiger partial charge in [0.15, 0.2) is 0 Å². The van der Waals surface area contributed by atoms with Gasteiger partial charge in [-0.1, -0.05) is 12.8 Å². The lowest BCUT2D eigenvalue weighted by Gasteiger charge is -2.23. The molecular formula is C17H40O10. The molecule has 0 rings (SSSR count). The Morgan fingerprint density at radius 2 is 0.741 bits per heavy atom. The molecule has 0 aliphatic heterocycles. The van der Waals surface area contributed by atoms with Crippen molar-refractivity contribution in [1.82, 2.24) is 0 Å². The predicted molar refractivity (Wildman–Crippen MR) is 99.2 cm³/mol. The number of ether oxygens (including phenoxy) is 2.